The van der Waals surface area contributed by atoms with E-state index >= 15 is 0 Å². The first-order valence-electron chi connectivity index (χ1n) is 10.6. The predicted molar refractivity (Wildman–Crippen MR) is 137 cm³/mol. The number of hydrogen-bond donors (Lipinski definition) is 3. The van der Waals surface area contributed by atoms with Crippen molar-refractivity contribution in [1.29, 1.82) is 0 Å². The highest BCUT2D eigenvalue weighted by atomic mass is 79.9. The smallest absolute Gasteiger partial charge is 0.261 e. The fourth-order valence-corrected chi connectivity index (χ4v) is 4.53. The van der Waals surface area contributed by atoms with Crippen molar-refractivity contribution in [1.82, 2.24) is 5.32 Å². The minimum atomic E-state index is -3.87. The van der Waals surface area contributed by atoms with Crippen LogP contribution < -0.4 is 15.4 Å². The molecule has 0 saturated carbocycles. The number of rotatable bonds is 8. The molecule has 0 aliphatic heterocycles. The van der Waals surface area contributed by atoms with E-state index in [9.17, 15) is 18.0 Å². The molecule has 1 atom stereocenters. The van der Waals surface area contributed by atoms with Crippen molar-refractivity contribution in [2.24, 2.45) is 5.92 Å². The second kappa shape index (κ2) is 10.8. The number of anilines is 2. The van der Waals surface area contributed by atoms with Crippen LogP contribution in [0.2, 0.25) is 0 Å². The lowest BCUT2D eigenvalue weighted by atomic mass is 10.0. The summed E-state index contributed by atoms with van der Waals surface area (Å²) in [6.07, 6.45) is 0. The number of halogens is 1. The summed E-state index contributed by atoms with van der Waals surface area (Å²) >= 11 is 3.31. The van der Waals surface area contributed by atoms with Gasteiger partial charge in [0, 0.05) is 21.4 Å². The molecule has 3 N–H and O–H groups in total. The molecule has 0 aromatic heterocycles. The molecule has 7 nitrogen and oxygen atoms in total. The van der Waals surface area contributed by atoms with E-state index in [0.29, 0.717) is 16.9 Å². The van der Waals surface area contributed by atoms with Crippen LogP contribution in [0.5, 0.6) is 0 Å². The van der Waals surface area contributed by atoms with Gasteiger partial charge >= 0.3 is 0 Å². The summed E-state index contributed by atoms with van der Waals surface area (Å²) in [5.74, 6) is -0.991. The molecule has 0 aliphatic rings. The Hall–Kier alpha value is -3.17. The van der Waals surface area contributed by atoms with Crippen molar-refractivity contribution in [3.63, 3.8) is 0 Å². The van der Waals surface area contributed by atoms with Gasteiger partial charge in [0.2, 0.25) is 5.91 Å². The molecule has 0 unspecified atom stereocenters. The summed E-state index contributed by atoms with van der Waals surface area (Å²) in [7, 11) is -3.87. The summed E-state index contributed by atoms with van der Waals surface area (Å²) < 4.78 is 28.9. The summed E-state index contributed by atoms with van der Waals surface area (Å²) in [5, 5.41) is 5.49. The number of aryl methyl sites for hydroxylation is 1. The fraction of sp³-hybridized carbons (Fsp3) is 0.200. The molecule has 0 saturated heterocycles. The number of amides is 2. The lowest BCUT2D eigenvalue weighted by Gasteiger charge is -2.22. The maximum absolute atomic E-state index is 13.0. The van der Waals surface area contributed by atoms with Gasteiger partial charge in [-0.15, -0.1) is 0 Å². The van der Waals surface area contributed by atoms with Crippen LogP contribution >= 0.6 is 15.9 Å². The van der Waals surface area contributed by atoms with Crippen molar-refractivity contribution < 1.29 is 18.0 Å². The zero-order valence-corrected chi connectivity index (χ0v) is 21.4. The number of carbonyl (C=O) groups is 2. The molecule has 178 valence electrons. The van der Waals surface area contributed by atoms with E-state index in [1.54, 1.807) is 48.5 Å². The number of benzene rings is 3. The van der Waals surface area contributed by atoms with Crippen molar-refractivity contribution in [2.45, 2.75) is 31.7 Å². The minimum absolute atomic E-state index is 0.00185. The summed E-state index contributed by atoms with van der Waals surface area (Å²) in [6.45, 7) is 5.57. The van der Waals surface area contributed by atoms with Gasteiger partial charge in [-0.3, -0.25) is 14.3 Å². The summed E-state index contributed by atoms with van der Waals surface area (Å²) in [4.78, 5) is 25.6. The van der Waals surface area contributed by atoms with Crippen LogP contribution in [0.15, 0.2) is 82.2 Å². The van der Waals surface area contributed by atoms with E-state index in [-0.39, 0.29) is 16.7 Å². The number of hydrogen-bond acceptors (Lipinski definition) is 4. The van der Waals surface area contributed by atoms with Crippen LogP contribution in [0.1, 0.15) is 29.8 Å². The fourth-order valence-electron chi connectivity index (χ4n) is 3.16. The lowest BCUT2D eigenvalue weighted by Crippen LogP contribution is -2.47. The molecule has 34 heavy (non-hydrogen) atoms. The first-order valence-corrected chi connectivity index (χ1v) is 12.9. The van der Waals surface area contributed by atoms with E-state index in [1.165, 1.54) is 12.1 Å². The van der Waals surface area contributed by atoms with E-state index < -0.39 is 22.0 Å². The molecular formula is C25H26BrN3O4S. The molecule has 0 spiro atoms. The molecule has 0 heterocycles. The standard InChI is InChI=1S/C25H26BrN3O4S/c1-16(2)23(28-24(30)18-9-7-17(3)8-10-18)25(31)27-21-5-4-6-22(15-21)34(32,33)29-20-13-11-19(26)12-14-20/h4-16,23,29H,1-3H3,(H,27,31)(H,28,30)/t23-/m0/s1. The van der Waals surface area contributed by atoms with Crippen molar-refractivity contribution >= 4 is 49.1 Å². The largest absolute Gasteiger partial charge is 0.340 e. The van der Waals surface area contributed by atoms with Gasteiger partial charge in [-0.05, 0) is 67.4 Å². The van der Waals surface area contributed by atoms with E-state index in [0.717, 1.165) is 10.0 Å². The van der Waals surface area contributed by atoms with Crippen LogP contribution in [-0.2, 0) is 14.8 Å². The Balaban J connectivity index is 1.73. The Morgan fingerprint density at radius 2 is 1.53 bits per heavy atom. The maximum atomic E-state index is 13.0. The van der Waals surface area contributed by atoms with Gasteiger partial charge < -0.3 is 10.6 Å². The topological polar surface area (TPSA) is 104 Å². The zero-order chi connectivity index (χ0) is 24.9. The van der Waals surface area contributed by atoms with Crippen LogP contribution in [-0.4, -0.2) is 26.3 Å². The highest BCUT2D eigenvalue weighted by molar-refractivity contribution is 9.10. The maximum Gasteiger partial charge on any atom is 0.261 e. The molecular weight excluding hydrogens is 518 g/mol. The lowest BCUT2D eigenvalue weighted by molar-refractivity contribution is -0.118. The third kappa shape index (κ3) is 6.68. The Morgan fingerprint density at radius 3 is 2.15 bits per heavy atom. The van der Waals surface area contributed by atoms with Crippen molar-refractivity contribution in [3.05, 3.63) is 88.4 Å². The minimum Gasteiger partial charge on any atom is -0.340 e. The average molecular weight is 544 g/mol. The number of sulfonamides is 1. The van der Waals surface area contributed by atoms with Gasteiger partial charge in [0.05, 0.1) is 4.90 Å². The molecule has 3 aromatic rings. The van der Waals surface area contributed by atoms with Gasteiger partial charge in [-0.2, -0.15) is 0 Å². The number of carbonyl (C=O) groups excluding carboxylic acids is 2. The molecule has 9 heteroatoms. The molecule has 0 fully saturated rings. The van der Waals surface area contributed by atoms with Crippen LogP contribution in [0.4, 0.5) is 11.4 Å². The van der Waals surface area contributed by atoms with E-state index in [1.807, 2.05) is 32.9 Å². The number of nitrogens with one attached hydrogen (secondary N) is 3. The Morgan fingerprint density at radius 1 is 0.882 bits per heavy atom. The van der Waals surface area contributed by atoms with Crippen LogP contribution in [0, 0.1) is 12.8 Å². The van der Waals surface area contributed by atoms with E-state index in [4.69, 9.17) is 0 Å². The molecule has 0 aliphatic carbocycles. The Kier molecular flexibility index (Phi) is 8.11. The van der Waals surface area contributed by atoms with Crippen molar-refractivity contribution in [3.8, 4) is 0 Å². The third-order valence-electron chi connectivity index (χ3n) is 5.06. The van der Waals surface area contributed by atoms with Crippen LogP contribution in [0.25, 0.3) is 0 Å². The Labute approximate surface area is 208 Å². The van der Waals surface area contributed by atoms with Gasteiger partial charge in [-0.1, -0.05) is 53.5 Å². The monoisotopic (exact) mass is 543 g/mol. The average Bonchev–Trinajstić information content (AvgIpc) is 2.79. The molecule has 3 aromatic carbocycles. The molecule has 3 rings (SSSR count). The zero-order valence-electron chi connectivity index (χ0n) is 19.0. The van der Waals surface area contributed by atoms with Crippen molar-refractivity contribution in [2.75, 3.05) is 10.0 Å². The Bertz CT molecular complexity index is 1270. The van der Waals surface area contributed by atoms with E-state index in [2.05, 4.69) is 31.3 Å². The quantitative estimate of drug-likeness (QED) is 0.373. The summed E-state index contributed by atoms with van der Waals surface area (Å²) in [5.41, 5.74) is 2.20. The highest BCUT2D eigenvalue weighted by Crippen LogP contribution is 2.21. The van der Waals surface area contributed by atoms with Gasteiger partial charge in [0.25, 0.3) is 15.9 Å². The van der Waals surface area contributed by atoms with Crippen LogP contribution in [0.3, 0.4) is 0 Å². The second-order valence-corrected chi connectivity index (χ2v) is 10.8. The van der Waals surface area contributed by atoms with Gasteiger partial charge in [0.15, 0.2) is 0 Å². The van der Waals surface area contributed by atoms with Gasteiger partial charge in [-0.25, -0.2) is 8.42 Å². The normalized spacial score (nSPS) is 12.1. The first-order chi connectivity index (χ1) is 16.0. The second-order valence-electron chi connectivity index (χ2n) is 8.19. The molecule has 2 amide bonds. The first kappa shape index (κ1) is 25.5. The molecule has 0 radical (unpaired) electrons. The molecule has 0 bridgehead atoms. The predicted octanol–water partition coefficient (Wildman–Crippen LogP) is 4.95. The third-order valence-corrected chi connectivity index (χ3v) is 6.97. The highest BCUT2D eigenvalue weighted by Gasteiger charge is 2.25. The SMILES string of the molecule is Cc1ccc(C(=O)N[C@H](C(=O)Nc2cccc(S(=O)(=O)Nc3ccc(Br)cc3)c2)C(C)C)cc1. The summed E-state index contributed by atoms with van der Waals surface area (Å²) in [6, 6.07) is 18.9. The van der Waals surface area contributed by atoms with Gasteiger partial charge in [0.1, 0.15) is 6.04 Å².